The van der Waals surface area contributed by atoms with Crippen molar-refractivity contribution in [3.63, 3.8) is 0 Å². The van der Waals surface area contributed by atoms with Crippen molar-refractivity contribution in [2.24, 2.45) is 0 Å². The number of anilines is 1. The molecular formula is C18H17N3O4. The highest BCUT2D eigenvalue weighted by atomic mass is 16.5. The molecule has 1 atom stereocenters. The minimum absolute atomic E-state index is 0.201. The largest absolute Gasteiger partial charge is 0.481 e. The highest BCUT2D eigenvalue weighted by Gasteiger charge is 2.17. The summed E-state index contributed by atoms with van der Waals surface area (Å²) in [7, 11) is 0. The smallest absolute Gasteiger partial charge is 0.341 e. The predicted octanol–water partition coefficient (Wildman–Crippen LogP) is 2.70. The van der Waals surface area contributed by atoms with E-state index in [1.54, 1.807) is 42.2 Å². The van der Waals surface area contributed by atoms with Crippen molar-refractivity contribution in [3.8, 4) is 5.75 Å². The number of amides is 1. The number of carbonyl (C=O) groups excluding carboxylic acids is 1. The number of carboxylic acids is 1. The van der Waals surface area contributed by atoms with Gasteiger partial charge >= 0.3 is 5.97 Å². The van der Waals surface area contributed by atoms with Crippen LogP contribution in [0, 0.1) is 0 Å². The summed E-state index contributed by atoms with van der Waals surface area (Å²) in [6, 6.07) is 12.0. The number of rotatable bonds is 6. The fourth-order valence-electron chi connectivity index (χ4n) is 2.51. The molecule has 1 heterocycles. The lowest BCUT2D eigenvalue weighted by Gasteiger charge is -2.15. The van der Waals surface area contributed by atoms with Gasteiger partial charge in [0.05, 0.1) is 0 Å². The lowest BCUT2D eigenvalue weighted by atomic mass is 10.1. The zero-order valence-corrected chi connectivity index (χ0v) is 13.5. The van der Waals surface area contributed by atoms with Crippen molar-refractivity contribution in [1.29, 1.82) is 0 Å². The summed E-state index contributed by atoms with van der Waals surface area (Å²) < 4.78 is 6.89. The van der Waals surface area contributed by atoms with Gasteiger partial charge in [-0.25, -0.2) is 4.79 Å². The zero-order valence-electron chi connectivity index (χ0n) is 13.5. The second-order valence-corrected chi connectivity index (χ2v) is 5.49. The summed E-state index contributed by atoms with van der Waals surface area (Å²) in [5.74, 6) is -0.793. The maximum Gasteiger partial charge on any atom is 0.341 e. The van der Waals surface area contributed by atoms with Crippen LogP contribution in [0.4, 0.5) is 5.69 Å². The third-order valence-electron chi connectivity index (χ3n) is 3.79. The molecule has 1 aromatic heterocycles. The van der Waals surface area contributed by atoms with Gasteiger partial charge in [0.2, 0.25) is 5.91 Å². The SMILES string of the molecule is CC(C(=O)Nc1ccc(OCC(=O)O)c2ccccc12)n1cccn1. The molecule has 0 saturated carbocycles. The Bertz CT molecular complexity index is 906. The van der Waals surface area contributed by atoms with Gasteiger partial charge in [-0.1, -0.05) is 24.3 Å². The van der Waals surface area contributed by atoms with Crippen molar-refractivity contribution in [1.82, 2.24) is 9.78 Å². The Hall–Kier alpha value is -3.35. The molecule has 7 nitrogen and oxygen atoms in total. The quantitative estimate of drug-likeness (QED) is 0.720. The first kappa shape index (κ1) is 16.5. The average Bonchev–Trinajstić information content (AvgIpc) is 3.14. The van der Waals surface area contributed by atoms with Gasteiger partial charge in [-0.05, 0) is 25.1 Å². The number of benzene rings is 2. The third-order valence-corrected chi connectivity index (χ3v) is 3.79. The molecule has 0 spiro atoms. The van der Waals surface area contributed by atoms with E-state index in [2.05, 4.69) is 10.4 Å². The van der Waals surface area contributed by atoms with E-state index >= 15 is 0 Å². The maximum atomic E-state index is 12.5. The second-order valence-electron chi connectivity index (χ2n) is 5.49. The Morgan fingerprint density at radius 2 is 1.96 bits per heavy atom. The Balaban J connectivity index is 1.88. The molecule has 0 aliphatic heterocycles. The number of fused-ring (bicyclic) bond motifs is 1. The number of aromatic nitrogens is 2. The number of hydrogen-bond donors (Lipinski definition) is 2. The van der Waals surface area contributed by atoms with Gasteiger partial charge in [-0.15, -0.1) is 0 Å². The summed E-state index contributed by atoms with van der Waals surface area (Å²) in [4.78, 5) is 23.2. The van der Waals surface area contributed by atoms with Crippen LogP contribution in [0.15, 0.2) is 54.9 Å². The van der Waals surface area contributed by atoms with Gasteiger partial charge in [0.25, 0.3) is 0 Å². The van der Waals surface area contributed by atoms with Crippen LogP contribution in [0.5, 0.6) is 5.75 Å². The van der Waals surface area contributed by atoms with Crippen molar-refractivity contribution in [3.05, 3.63) is 54.9 Å². The number of hydrogen-bond acceptors (Lipinski definition) is 4. The standard InChI is InChI=1S/C18H17N3O4/c1-12(21-10-4-9-19-21)18(24)20-15-7-8-16(25-11-17(22)23)14-6-3-2-5-13(14)15/h2-10,12H,11H2,1H3,(H,20,24)(H,22,23). The minimum Gasteiger partial charge on any atom is -0.481 e. The Morgan fingerprint density at radius 3 is 2.64 bits per heavy atom. The van der Waals surface area contributed by atoms with Crippen LogP contribution < -0.4 is 10.1 Å². The topological polar surface area (TPSA) is 93.5 Å². The predicted molar refractivity (Wildman–Crippen MR) is 92.6 cm³/mol. The monoisotopic (exact) mass is 339 g/mol. The number of nitrogens with one attached hydrogen (secondary N) is 1. The lowest BCUT2D eigenvalue weighted by molar-refractivity contribution is -0.139. The van der Waals surface area contributed by atoms with E-state index in [0.717, 1.165) is 10.8 Å². The highest BCUT2D eigenvalue weighted by molar-refractivity contribution is 6.05. The molecule has 0 radical (unpaired) electrons. The molecule has 3 rings (SSSR count). The minimum atomic E-state index is -1.05. The van der Waals surface area contributed by atoms with Gasteiger partial charge in [-0.3, -0.25) is 9.48 Å². The van der Waals surface area contributed by atoms with Crippen LogP contribution in [0.25, 0.3) is 10.8 Å². The molecule has 3 aromatic rings. The molecule has 0 aliphatic rings. The maximum absolute atomic E-state index is 12.5. The lowest BCUT2D eigenvalue weighted by Crippen LogP contribution is -2.24. The molecule has 0 fully saturated rings. The molecule has 1 amide bonds. The van der Waals surface area contributed by atoms with E-state index in [-0.39, 0.29) is 5.91 Å². The van der Waals surface area contributed by atoms with Crippen LogP contribution in [0.3, 0.4) is 0 Å². The molecule has 0 bridgehead atoms. The molecule has 128 valence electrons. The number of carboxylic acid groups (broad SMARTS) is 1. The number of ether oxygens (including phenoxy) is 1. The summed E-state index contributed by atoms with van der Waals surface area (Å²) in [5.41, 5.74) is 0.627. The molecule has 25 heavy (non-hydrogen) atoms. The Labute approximate surface area is 143 Å². The number of aliphatic carboxylic acids is 1. The van der Waals surface area contributed by atoms with E-state index in [4.69, 9.17) is 9.84 Å². The summed E-state index contributed by atoms with van der Waals surface area (Å²) in [5, 5.41) is 17.3. The van der Waals surface area contributed by atoms with Gasteiger partial charge in [0.1, 0.15) is 11.8 Å². The number of nitrogens with zero attached hydrogens (tertiary/aromatic N) is 2. The summed E-state index contributed by atoms with van der Waals surface area (Å²) >= 11 is 0. The first-order valence-corrected chi connectivity index (χ1v) is 7.72. The van der Waals surface area contributed by atoms with E-state index < -0.39 is 18.6 Å². The van der Waals surface area contributed by atoms with Crippen LogP contribution in [0.1, 0.15) is 13.0 Å². The Morgan fingerprint density at radius 1 is 1.20 bits per heavy atom. The van der Waals surface area contributed by atoms with Gasteiger partial charge in [0, 0.05) is 28.9 Å². The van der Waals surface area contributed by atoms with E-state index in [1.165, 1.54) is 0 Å². The van der Waals surface area contributed by atoms with Crippen LogP contribution in [-0.2, 0) is 9.59 Å². The zero-order chi connectivity index (χ0) is 17.8. The first-order valence-electron chi connectivity index (χ1n) is 7.72. The first-order chi connectivity index (χ1) is 12.1. The number of carbonyl (C=O) groups is 2. The molecule has 0 aliphatic carbocycles. The van der Waals surface area contributed by atoms with E-state index in [1.807, 2.05) is 24.3 Å². The van der Waals surface area contributed by atoms with Gasteiger partial charge in [-0.2, -0.15) is 5.10 Å². The third kappa shape index (κ3) is 3.60. The average molecular weight is 339 g/mol. The highest BCUT2D eigenvalue weighted by Crippen LogP contribution is 2.32. The van der Waals surface area contributed by atoms with E-state index in [9.17, 15) is 9.59 Å². The fourth-order valence-corrected chi connectivity index (χ4v) is 2.51. The molecule has 2 N–H and O–H groups in total. The van der Waals surface area contributed by atoms with Gasteiger partial charge in [0.15, 0.2) is 6.61 Å². The molecular weight excluding hydrogens is 322 g/mol. The summed E-state index contributed by atoms with van der Waals surface area (Å²) in [6.07, 6.45) is 3.35. The molecule has 2 aromatic carbocycles. The van der Waals surface area contributed by atoms with Crippen molar-refractivity contribution >= 4 is 28.3 Å². The van der Waals surface area contributed by atoms with Crippen molar-refractivity contribution < 1.29 is 19.4 Å². The van der Waals surface area contributed by atoms with Crippen LogP contribution >= 0.6 is 0 Å². The van der Waals surface area contributed by atoms with Crippen molar-refractivity contribution in [2.45, 2.75) is 13.0 Å². The van der Waals surface area contributed by atoms with Crippen molar-refractivity contribution in [2.75, 3.05) is 11.9 Å². The van der Waals surface area contributed by atoms with E-state index in [0.29, 0.717) is 11.4 Å². The second kappa shape index (κ2) is 7.04. The van der Waals surface area contributed by atoms with Crippen LogP contribution in [0.2, 0.25) is 0 Å². The Kier molecular flexibility index (Phi) is 4.65. The van der Waals surface area contributed by atoms with Gasteiger partial charge < -0.3 is 15.2 Å². The molecule has 7 heteroatoms. The summed E-state index contributed by atoms with van der Waals surface area (Å²) in [6.45, 7) is 1.33. The van der Waals surface area contributed by atoms with Crippen LogP contribution in [-0.4, -0.2) is 33.4 Å². The molecule has 0 saturated heterocycles. The fraction of sp³-hybridized carbons (Fsp3) is 0.167. The normalized spacial score (nSPS) is 11.9. The molecule has 1 unspecified atom stereocenters.